The van der Waals surface area contributed by atoms with Crippen LogP contribution in [0.1, 0.15) is 41.8 Å². The number of non-ortho nitro benzene ring substituents is 1. The first-order chi connectivity index (χ1) is 22.0. The number of nitrogens with zero attached hydrogens (tertiary/aromatic N) is 3. The van der Waals surface area contributed by atoms with E-state index in [0.717, 1.165) is 11.3 Å². The number of benzene rings is 2. The van der Waals surface area contributed by atoms with Crippen LogP contribution in [-0.2, 0) is 9.53 Å². The average molecular weight is 660 g/mol. The SMILES string of the molecule is CCOC(=O)C1=C(C)N=c2s/c(=C\c3ccc(-c4ccc(C(=O)O)cc4)o3)c(=O)n2[C@@H]1c1ccc(-c2cc([N+](=O)[O-])ccc2Cl)o1. The minimum Gasteiger partial charge on any atom is -0.478 e. The van der Waals surface area contributed by atoms with Crippen molar-refractivity contribution in [1.29, 1.82) is 0 Å². The molecule has 0 saturated carbocycles. The number of nitro groups is 1. The number of nitro benzene ring substituents is 1. The van der Waals surface area contributed by atoms with Crippen molar-refractivity contribution in [3.05, 3.63) is 130 Å². The molecule has 0 radical (unpaired) electrons. The third-order valence-electron chi connectivity index (χ3n) is 7.16. The zero-order valence-corrected chi connectivity index (χ0v) is 25.6. The Morgan fingerprint density at radius 1 is 1.11 bits per heavy atom. The maximum absolute atomic E-state index is 13.9. The zero-order valence-electron chi connectivity index (χ0n) is 24.1. The molecule has 2 aromatic carbocycles. The smallest absolute Gasteiger partial charge is 0.338 e. The fourth-order valence-electron chi connectivity index (χ4n) is 5.01. The molecule has 1 N–H and O–H groups in total. The lowest BCUT2D eigenvalue weighted by atomic mass is 10.0. The predicted molar refractivity (Wildman–Crippen MR) is 167 cm³/mol. The Labute approximate surface area is 267 Å². The van der Waals surface area contributed by atoms with Crippen LogP contribution in [0.25, 0.3) is 28.7 Å². The Balaban J connectivity index is 1.44. The molecule has 4 heterocycles. The Kier molecular flexibility index (Phi) is 8.02. The lowest BCUT2D eigenvalue weighted by Crippen LogP contribution is -2.39. The van der Waals surface area contributed by atoms with Gasteiger partial charge >= 0.3 is 11.9 Å². The van der Waals surface area contributed by atoms with E-state index in [1.807, 2.05) is 0 Å². The second kappa shape index (κ2) is 12.1. The highest BCUT2D eigenvalue weighted by Crippen LogP contribution is 2.37. The number of carboxylic acids is 1. The Hall–Kier alpha value is -5.53. The predicted octanol–water partition coefficient (Wildman–Crippen LogP) is 5.58. The molecule has 0 bridgehead atoms. The van der Waals surface area contributed by atoms with Crippen LogP contribution in [0.2, 0.25) is 5.02 Å². The number of thiazole rings is 1. The van der Waals surface area contributed by atoms with Crippen molar-refractivity contribution in [3.8, 4) is 22.6 Å². The second-order valence-electron chi connectivity index (χ2n) is 10.0. The number of carbonyl (C=O) groups excluding carboxylic acids is 1. The van der Waals surface area contributed by atoms with Gasteiger partial charge in [-0.2, -0.15) is 0 Å². The molecule has 0 saturated heterocycles. The summed E-state index contributed by atoms with van der Waals surface area (Å²) in [4.78, 5) is 54.0. The van der Waals surface area contributed by atoms with Gasteiger partial charge in [-0.25, -0.2) is 14.6 Å². The van der Waals surface area contributed by atoms with E-state index < -0.39 is 28.5 Å². The van der Waals surface area contributed by atoms with Crippen molar-refractivity contribution in [2.24, 2.45) is 4.99 Å². The molecule has 3 aromatic heterocycles. The van der Waals surface area contributed by atoms with E-state index in [0.29, 0.717) is 27.6 Å². The summed E-state index contributed by atoms with van der Waals surface area (Å²) in [5, 5.41) is 20.7. The van der Waals surface area contributed by atoms with Crippen LogP contribution in [0.3, 0.4) is 0 Å². The van der Waals surface area contributed by atoms with Crippen molar-refractivity contribution in [2.75, 3.05) is 6.61 Å². The number of halogens is 1. The van der Waals surface area contributed by atoms with E-state index in [4.69, 9.17) is 30.3 Å². The molecule has 5 aromatic rings. The number of hydrogen-bond acceptors (Lipinski definition) is 10. The zero-order chi connectivity index (χ0) is 32.7. The van der Waals surface area contributed by atoms with E-state index in [9.17, 15) is 24.5 Å². The number of fused-ring (bicyclic) bond motifs is 1. The van der Waals surface area contributed by atoms with Gasteiger partial charge in [0.25, 0.3) is 11.2 Å². The topological polar surface area (TPSA) is 167 Å². The lowest BCUT2D eigenvalue weighted by molar-refractivity contribution is -0.384. The first-order valence-electron chi connectivity index (χ1n) is 13.7. The summed E-state index contributed by atoms with van der Waals surface area (Å²) < 4.78 is 19.0. The minimum absolute atomic E-state index is 0.0826. The first kappa shape index (κ1) is 30.5. The van der Waals surface area contributed by atoms with Gasteiger partial charge in [0.1, 0.15) is 29.1 Å². The number of carbonyl (C=O) groups is 2. The monoisotopic (exact) mass is 659 g/mol. The van der Waals surface area contributed by atoms with Gasteiger partial charge in [-0.15, -0.1) is 0 Å². The summed E-state index contributed by atoms with van der Waals surface area (Å²) in [6, 6.07) is 15.6. The van der Waals surface area contributed by atoms with Gasteiger partial charge in [0.15, 0.2) is 4.80 Å². The highest BCUT2D eigenvalue weighted by Gasteiger charge is 2.35. The molecule has 12 nitrogen and oxygen atoms in total. The second-order valence-corrected chi connectivity index (χ2v) is 11.4. The van der Waals surface area contributed by atoms with Gasteiger partial charge in [-0.05, 0) is 56.3 Å². The van der Waals surface area contributed by atoms with Crippen molar-refractivity contribution >= 4 is 46.6 Å². The maximum Gasteiger partial charge on any atom is 0.338 e. The highest BCUT2D eigenvalue weighted by molar-refractivity contribution is 7.07. The van der Waals surface area contributed by atoms with Crippen LogP contribution in [0.4, 0.5) is 5.69 Å². The van der Waals surface area contributed by atoms with Crippen molar-refractivity contribution in [3.63, 3.8) is 0 Å². The van der Waals surface area contributed by atoms with Gasteiger partial charge in [-0.3, -0.25) is 19.5 Å². The Bertz CT molecular complexity index is 2260. The number of hydrogen-bond donors (Lipinski definition) is 1. The largest absolute Gasteiger partial charge is 0.478 e. The van der Waals surface area contributed by atoms with E-state index >= 15 is 0 Å². The van der Waals surface area contributed by atoms with E-state index in [1.165, 1.54) is 34.9 Å². The molecule has 0 amide bonds. The average Bonchev–Trinajstić information content (AvgIpc) is 3.77. The molecule has 14 heteroatoms. The number of esters is 1. The molecule has 6 rings (SSSR count). The molecule has 1 atom stereocenters. The van der Waals surface area contributed by atoms with E-state index in [2.05, 4.69) is 4.99 Å². The maximum atomic E-state index is 13.9. The number of furan rings is 2. The van der Waals surface area contributed by atoms with Crippen LogP contribution < -0.4 is 14.9 Å². The highest BCUT2D eigenvalue weighted by atomic mass is 35.5. The van der Waals surface area contributed by atoms with Crippen molar-refractivity contribution in [2.45, 2.75) is 19.9 Å². The fraction of sp³-hybridized carbons (Fsp3) is 0.125. The minimum atomic E-state index is -1.07. The molecule has 0 fully saturated rings. The van der Waals surface area contributed by atoms with Crippen molar-refractivity contribution in [1.82, 2.24) is 4.57 Å². The number of allylic oxidation sites excluding steroid dienone is 1. The molecule has 0 spiro atoms. The van der Waals surface area contributed by atoms with Crippen LogP contribution in [0.15, 0.2) is 96.6 Å². The fourth-order valence-corrected chi connectivity index (χ4v) is 6.25. The molecule has 0 aliphatic carbocycles. The first-order valence-corrected chi connectivity index (χ1v) is 14.9. The summed E-state index contributed by atoms with van der Waals surface area (Å²) >= 11 is 7.44. The summed E-state index contributed by atoms with van der Waals surface area (Å²) in [7, 11) is 0. The third-order valence-corrected chi connectivity index (χ3v) is 8.47. The van der Waals surface area contributed by atoms with Gasteiger partial charge < -0.3 is 18.7 Å². The molecular formula is C32H22ClN3O9S. The normalized spacial score (nSPS) is 14.6. The molecule has 232 valence electrons. The third kappa shape index (κ3) is 5.57. The summed E-state index contributed by atoms with van der Waals surface area (Å²) in [6.07, 6.45) is 1.55. The van der Waals surface area contributed by atoms with Gasteiger partial charge in [0, 0.05) is 29.3 Å². The molecule has 1 aliphatic rings. The summed E-state index contributed by atoms with van der Waals surface area (Å²) in [6.45, 7) is 3.37. The number of carboxylic acid groups (broad SMARTS) is 1. The van der Waals surface area contributed by atoms with Gasteiger partial charge in [-0.1, -0.05) is 35.1 Å². The molecular weight excluding hydrogens is 638 g/mol. The lowest BCUT2D eigenvalue weighted by Gasteiger charge is -2.22. The van der Waals surface area contributed by atoms with Crippen LogP contribution in [-0.4, -0.2) is 33.1 Å². The number of aromatic carboxylic acids is 1. The number of rotatable bonds is 8. The standard InChI is InChI=1S/C32H22ClN3O9S/c1-3-43-31(40)27-16(2)34-32-35(28(27)25-13-12-24(45-25)21-14-19(36(41)42)8-10-22(21)33)29(37)26(46-32)15-20-9-11-23(44-20)17-4-6-18(7-5-17)30(38)39/h4-15,28H,3H2,1-2H3,(H,38,39)/b26-15-/t28-/m1/s1. The number of ether oxygens (including phenoxy) is 1. The van der Waals surface area contributed by atoms with Crippen LogP contribution in [0.5, 0.6) is 0 Å². The quantitative estimate of drug-likeness (QED) is 0.127. The van der Waals surface area contributed by atoms with Crippen LogP contribution >= 0.6 is 22.9 Å². The summed E-state index contributed by atoms with van der Waals surface area (Å²) in [5.74, 6) is -0.506. The summed E-state index contributed by atoms with van der Waals surface area (Å²) in [5.41, 5.74) is 0.812. The molecule has 0 unspecified atom stereocenters. The van der Waals surface area contributed by atoms with E-state index in [-0.39, 0.29) is 50.1 Å². The number of aromatic nitrogens is 1. The molecule has 46 heavy (non-hydrogen) atoms. The van der Waals surface area contributed by atoms with Gasteiger partial charge in [0.05, 0.1) is 37.9 Å². The van der Waals surface area contributed by atoms with Crippen LogP contribution in [0, 0.1) is 10.1 Å². The van der Waals surface area contributed by atoms with E-state index in [1.54, 1.807) is 56.3 Å². The van der Waals surface area contributed by atoms with Crippen molar-refractivity contribution < 1.29 is 33.2 Å². The molecule has 1 aliphatic heterocycles. The Morgan fingerprint density at radius 3 is 2.54 bits per heavy atom. The van der Waals surface area contributed by atoms with Gasteiger partial charge in [0.2, 0.25) is 0 Å². The Morgan fingerprint density at radius 2 is 1.85 bits per heavy atom.